The number of rotatable bonds is 17. The predicted octanol–water partition coefficient (Wildman–Crippen LogP) is 6.35. The Kier molecular flexibility index (Phi) is 15.8. The Morgan fingerprint density at radius 2 is 1.59 bits per heavy atom. The summed E-state index contributed by atoms with van der Waals surface area (Å²) in [5.41, 5.74) is -0.706. The van der Waals surface area contributed by atoms with Gasteiger partial charge in [0.1, 0.15) is 5.60 Å². The predicted molar refractivity (Wildman–Crippen MR) is 144 cm³/mol. The fourth-order valence-electron chi connectivity index (χ4n) is 2.41. The van der Waals surface area contributed by atoms with Crippen molar-refractivity contribution in [3.63, 3.8) is 0 Å². The second kappa shape index (κ2) is 15.8. The van der Waals surface area contributed by atoms with Gasteiger partial charge in [0, 0.05) is 41.4 Å². The average molecular weight is 510 g/mol. The normalized spacial score (nSPS) is 13.7. The van der Waals surface area contributed by atoms with Crippen molar-refractivity contribution in [3.8, 4) is 0 Å². The number of ether oxygens (including phenoxy) is 2. The molecule has 8 heteroatoms. The van der Waals surface area contributed by atoms with Crippen LogP contribution in [0.3, 0.4) is 0 Å². The maximum absolute atomic E-state index is 12.6. The van der Waals surface area contributed by atoms with E-state index in [9.17, 15) is 9.59 Å². The van der Waals surface area contributed by atoms with Crippen LogP contribution in [-0.2, 0) is 19.1 Å². The Balaban J connectivity index is 4.06. The summed E-state index contributed by atoms with van der Waals surface area (Å²) in [5, 5.41) is 2.90. The van der Waals surface area contributed by atoms with Crippen molar-refractivity contribution in [3.05, 3.63) is 0 Å². The molecule has 0 aromatic carbocycles. The molecule has 0 radical (unpaired) electrons. The molecule has 0 rings (SSSR count). The van der Waals surface area contributed by atoms with Gasteiger partial charge in [-0.05, 0) is 47.5 Å². The lowest BCUT2D eigenvalue weighted by atomic mass is 10.1. The topological polar surface area (TPSA) is 64.6 Å². The van der Waals surface area contributed by atoms with Crippen LogP contribution >= 0.6 is 33.3 Å². The molecule has 0 saturated heterocycles. The first-order valence-electron chi connectivity index (χ1n) is 11.7. The van der Waals surface area contributed by atoms with Gasteiger partial charge in [-0.3, -0.25) is 9.59 Å². The van der Waals surface area contributed by atoms with Crippen LogP contribution in [0.25, 0.3) is 0 Å². The monoisotopic (exact) mass is 509 g/mol. The minimum atomic E-state index is -0.524. The summed E-state index contributed by atoms with van der Waals surface area (Å²) >= 11 is 1.84. The maximum Gasteiger partial charge on any atom is 0.310 e. The fourth-order valence-corrected chi connectivity index (χ4v) is 6.02. The lowest BCUT2D eigenvalue weighted by Crippen LogP contribution is -2.34. The van der Waals surface area contributed by atoms with Crippen LogP contribution in [-0.4, -0.2) is 58.2 Å². The molecule has 0 aliphatic carbocycles. The molecule has 0 aliphatic rings. The first-order valence-corrected chi connectivity index (χ1v) is 15.2. The van der Waals surface area contributed by atoms with E-state index in [1.165, 1.54) is 0 Å². The smallest absolute Gasteiger partial charge is 0.310 e. The number of carbonyl (C=O) groups is 2. The summed E-state index contributed by atoms with van der Waals surface area (Å²) < 4.78 is 11.7. The molecule has 1 N–H and O–H groups in total. The van der Waals surface area contributed by atoms with E-state index in [0.29, 0.717) is 19.4 Å². The fraction of sp³-hybridized carbons (Fsp3) is 0.917. The molecule has 0 saturated carbocycles. The highest BCUT2D eigenvalue weighted by molar-refractivity contribution is 8.76. The molecule has 1 amide bonds. The molecule has 1 unspecified atom stereocenters. The van der Waals surface area contributed by atoms with E-state index in [4.69, 9.17) is 9.47 Å². The number of hydrogen-bond donors (Lipinski definition) is 1. The Bertz CT molecular complexity index is 548. The Morgan fingerprint density at radius 3 is 2.19 bits per heavy atom. The van der Waals surface area contributed by atoms with Gasteiger partial charge in [-0.15, -0.1) is 0 Å². The minimum absolute atomic E-state index is 0.118. The van der Waals surface area contributed by atoms with Crippen molar-refractivity contribution in [2.75, 3.05) is 30.4 Å². The van der Waals surface area contributed by atoms with Gasteiger partial charge in [0.15, 0.2) is 0 Å². The van der Waals surface area contributed by atoms with Gasteiger partial charge in [-0.2, -0.15) is 11.8 Å². The summed E-state index contributed by atoms with van der Waals surface area (Å²) in [6.07, 6.45) is 3.32. The molecule has 32 heavy (non-hydrogen) atoms. The molecule has 0 fully saturated rings. The van der Waals surface area contributed by atoms with Crippen LogP contribution in [0.4, 0.5) is 0 Å². The molecule has 0 bridgehead atoms. The molecule has 0 aromatic rings. The van der Waals surface area contributed by atoms with Gasteiger partial charge in [0.25, 0.3) is 0 Å². The number of amides is 1. The summed E-state index contributed by atoms with van der Waals surface area (Å²) in [6, 6.07) is 0. The summed E-state index contributed by atoms with van der Waals surface area (Å²) in [4.78, 5) is 23.8. The van der Waals surface area contributed by atoms with Gasteiger partial charge in [0.05, 0.1) is 18.1 Å². The zero-order valence-electron chi connectivity index (χ0n) is 21.8. The zero-order valence-corrected chi connectivity index (χ0v) is 24.2. The van der Waals surface area contributed by atoms with E-state index in [1.54, 1.807) is 0 Å². The first-order chi connectivity index (χ1) is 14.7. The molecular formula is C24H47NO4S3. The molecular weight excluding hydrogens is 462 g/mol. The molecule has 0 spiro atoms. The van der Waals surface area contributed by atoms with Crippen molar-refractivity contribution < 1.29 is 19.1 Å². The zero-order chi connectivity index (χ0) is 24.8. The number of carbonyl (C=O) groups excluding carboxylic acids is 2. The van der Waals surface area contributed by atoms with E-state index >= 15 is 0 Å². The third kappa shape index (κ3) is 18.4. The van der Waals surface area contributed by atoms with Crippen molar-refractivity contribution in [1.82, 2.24) is 5.32 Å². The first kappa shape index (κ1) is 31.9. The highest BCUT2D eigenvalue weighted by Crippen LogP contribution is 2.34. The van der Waals surface area contributed by atoms with Crippen molar-refractivity contribution in [1.29, 1.82) is 0 Å². The maximum atomic E-state index is 12.6. The Hall–Kier alpha value is -0.0500. The van der Waals surface area contributed by atoms with E-state index in [1.807, 2.05) is 81.8 Å². The van der Waals surface area contributed by atoms with E-state index in [2.05, 4.69) is 19.2 Å². The van der Waals surface area contributed by atoms with Crippen LogP contribution in [0.5, 0.6) is 0 Å². The van der Waals surface area contributed by atoms with Crippen molar-refractivity contribution in [2.24, 2.45) is 5.92 Å². The van der Waals surface area contributed by atoms with Crippen LogP contribution in [0.15, 0.2) is 0 Å². The van der Waals surface area contributed by atoms with Crippen LogP contribution in [0, 0.1) is 5.92 Å². The van der Waals surface area contributed by atoms with Gasteiger partial charge in [-0.1, -0.05) is 49.3 Å². The SMILES string of the molecule is CCC(=O)NCCCSSCCC(C)(C)SCC(C)C(=O)OC(C)(C)CCOC(C)(C)C. The molecule has 5 nitrogen and oxygen atoms in total. The lowest BCUT2D eigenvalue weighted by Gasteiger charge is -2.29. The standard InChI is InChI=1S/C24H47NO4S3/c1-10-20(26)25-14-11-16-31-32-17-13-24(8,9)30-18-19(2)21(27)29-23(6,7)12-15-28-22(3,4)5/h19H,10-18H2,1-9H3,(H,25,26). The Labute approximate surface area is 209 Å². The molecule has 0 aliphatic heterocycles. The van der Waals surface area contributed by atoms with E-state index < -0.39 is 5.60 Å². The molecule has 190 valence electrons. The minimum Gasteiger partial charge on any atom is -0.459 e. The lowest BCUT2D eigenvalue weighted by molar-refractivity contribution is -0.162. The van der Waals surface area contributed by atoms with E-state index in [0.717, 1.165) is 36.6 Å². The quantitative estimate of drug-likeness (QED) is 0.139. The van der Waals surface area contributed by atoms with Crippen LogP contribution in [0.2, 0.25) is 0 Å². The number of hydrogen-bond acceptors (Lipinski definition) is 7. The van der Waals surface area contributed by atoms with Gasteiger partial charge >= 0.3 is 5.97 Å². The third-order valence-corrected chi connectivity index (χ3v) is 8.81. The summed E-state index contributed by atoms with van der Waals surface area (Å²) in [7, 11) is 3.76. The Morgan fingerprint density at radius 1 is 0.969 bits per heavy atom. The molecule has 0 aromatic heterocycles. The van der Waals surface area contributed by atoms with Gasteiger partial charge < -0.3 is 14.8 Å². The largest absolute Gasteiger partial charge is 0.459 e. The number of thioether (sulfide) groups is 1. The molecule has 0 heterocycles. The van der Waals surface area contributed by atoms with Crippen molar-refractivity contribution in [2.45, 2.75) is 104 Å². The second-order valence-corrected chi connectivity index (χ2v) is 14.7. The number of nitrogens with one attached hydrogen (secondary N) is 1. The summed E-state index contributed by atoms with van der Waals surface area (Å²) in [5.74, 6) is 2.73. The van der Waals surface area contributed by atoms with Crippen LogP contribution < -0.4 is 5.32 Å². The summed E-state index contributed by atoms with van der Waals surface area (Å²) in [6.45, 7) is 19.6. The van der Waals surface area contributed by atoms with Crippen LogP contribution in [0.1, 0.15) is 88.0 Å². The highest BCUT2D eigenvalue weighted by Gasteiger charge is 2.28. The van der Waals surface area contributed by atoms with Gasteiger partial charge in [0.2, 0.25) is 5.91 Å². The number of esters is 1. The highest BCUT2D eigenvalue weighted by atomic mass is 33.1. The third-order valence-electron chi connectivity index (χ3n) is 4.66. The van der Waals surface area contributed by atoms with Crippen molar-refractivity contribution >= 4 is 45.2 Å². The van der Waals surface area contributed by atoms with E-state index in [-0.39, 0.29) is 28.1 Å². The second-order valence-electron chi connectivity index (χ2n) is 10.3. The molecule has 1 atom stereocenters. The average Bonchev–Trinajstić information content (AvgIpc) is 2.66. The van der Waals surface area contributed by atoms with Gasteiger partial charge in [-0.25, -0.2) is 0 Å².